The third-order valence-corrected chi connectivity index (χ3v) is 5.13. The Morgan fingerprint density at radius 1 is 1.07 bits per heavy atom. The molecule has 0 aliphatic carbocycles. The molecule has 0 aliphatic rings. The Morgan fingerprint density at radius 2 is 1.79 bits per heavy atom. The van der Waals surface area contributed by atoms with Gasteiger partial charge in [0.2, 0.25) is 0 Å². The third-order valence-electron chi connectivity index (χ3n) is 3.75. The largest absolute Gasteiger partial charge is 0.487 e. The molecule has 0 unspecified atom stereocenters. The highest BCUT2D eigenvalue weighted by Gasteiger charge is 2.11. The van der Waals surface area contributed by atoms with Crippen molar-refractivity contribution in [2.75, 3.05) is 0 Å². The fourth-order valence-corrected chi connectivity index (χ4v) is 4.02. The topological polar surface area (TPSA) is 50.7 Å². The number of nitrogens with zero attached hydrogens (tertiary/aromatic N) is 1. The van der Waals surface area contributed by atoms with Crippen molar-refractivity contribution < 1.29 is 9.53 Å². The van der Waals surface area contributed by atoms with Gasteiger partial charge in [0, 0.05) is 10.0 Å². The van der Waals surface area contributed by atoms with Gasteiger partial charge in [-0.3, -0.25) is 4.79 Å². The van der Waals surface area contributed by atoms with Crippen molar-refractivity contribution >= 4 is 55.6 Å². The molecule has 28 heavy (non-hydrogen) atoms. The van der Waals surface area contributed by atoms with Crippen LogP contribution in [0.2, 0.25) is 5.02 Å². The maximum Gasteiger partial charge on any atom is 0.272 e. The van der Waals surface area contributed by atoms with E-state index in [4.69, 9.17) is 16.3 Å². The predicted molar refractivity (Wildman–Crippen MR) is 119 cm³/mol. The molecular formula is C21H15Br2ClN2O2. The molecule has 3 aromatic carbocycles. The first-order valence-corrected chi connectivity index (χ1v) is 10.2. The summed E-state index contributed by atoms with van der Waals surface area (Å²) in [5.41, 5.74) is 4.60. The fraction of sp³-hybridized carbons (Fsp3) is 0.0476. The van der Waals surface area contributed by atoms with Gasteiger partial charge in [-0.05, 0) is 45.8 Å². The minimum atomic E-state index is -0.386. The number of hydrogen-bond acceptors (Lipinski definition) is 3. The van der Waals surface area contributed by atoms with Crippen LogP contribution in [0.5, 0.6) is 5.75 Å². The van der Waals surface area contributed by atoms with Crippen molar-refractivity contribution in [1.29, 1.82) is 0 Å². The first-order chi connectivity index (χ1) is 13.5. The summed E-state index contributed by atoms with van der Waals surface area (Å²) < 4.78 is 7.60. The predicted octanol–water partition coefficient (Wildman–Crippen LogP) is 6.21. The lowest BCUT2D eigenvalue weighted by Crippen LogP contribution is -2.18. The molecular weight excluding hydrogens is 508 g/mol. The summed E-state index contributed by atoms with van der Waals surface area (Å²) >= 11 is 13.0. The molecule has 0 fully saturated rings. The van der Waals surface area contributed by atoms with Crippen LogP contribution in [0, 0.1) is 0 Å². The number of hydrazone groups is 1. The highest BCUT2D eigenvalue weighted by Crippen LogP contribution is 2.32. The molecule has 0 saturated heterocycles. The standard InChI is InChI=1S/C21H15Br2ClN2O2/c22-16-10-15(12-25-26-21(27)17-8-4-5-9-19(17)24)20(18(23)11-16)28-13-14-6-2-1-3-7-14/h1-12H,13H2,(H,26,27)/b25-12-. The van der Waals surface area contributed by atoms with Crippen molar-refractivity contribution in [3.8, 4) is 5.75 Å². The second-order valence-electron chi connectivity index (χ2n) is 5.76. The molecule has 0 heterocycles. The maximum atomic E-state index is 12.2. The summed E-state index contributed by atoms with van der Waals surface area (Å²) in [6, 6.07) is 20.4. The van der Waals surface area contributed by atoms with E-state index < -0.39 is 0 Å². The lowest BCUT2D eigenvalue weighted by molar-refractivity contribution is 0.0955. The summed E-state index contributed by atoms with van der Waals surface area (Å²) in [5.74, 6) is 0.241. The van der Waals surface area contributed by atoms with Gasteiger partial charge < -0.3 is 4.74 Å². The average Bonchev–Trinajstić information content (AvgIpc) is 2.68. The van der Waals surface area contributed by atoms with E-state index in [1.54, 1.807) is 24.3 Å². The van der Waals surface area contributed by atoms with Gasteiger partial charge in [-0.25, -0.2) is 5.43 Å². The number of halogens is 3. The summed E-state index contributed by atoms with van der Waals surface area (Å²) in [5, 5.41) is 4.42. The van der Waals surface area contributed by atoms with Crippen molar-refractivity contribution in [1.82, 2.24) is 5.43 Å². The number of amides is 1. The van der Waals surface area contributed by atoms with E-state index in [-0.39, 0.29) is 5.91 Å². The lowest BCUT2D eigenvalue weighted by Gasteiger charge is -2.12. The van der Waals surface area contributed by atoms with E-state index in [2.05, 4.69) is 42.4 Å². The van der Waals surface area contributed by atoms with E-state index in [0.717, 1.165) is 14.5 Å². The fourth-order valence-electron chi connectivity index (χ4n) is 2.42. The Bertz CT molecular complexity index is 1010. The van der Waals surface area contributed by atoms with Gasteiger partial charge in [-0.1, -0.05) is 70.0 Å². The second kappa shape index (κ2) is 9.87. The van der Waals surface area contributed by atoms with Gasteiger partial charge in [-0.2, -0.15) is 5.10 Å². The molecule has 0 aliphatic heterocycles. The van der Waals surface area contributed by atoms with Crippen LogP contribution in [0.15, 0.2) is 80.8 Å². The molecule has 0 saturated carbocycles. The summed E-state index contributed by atoms with van der Waals surface area (Å²) in [6.45, 7) is 0.411. The second-order valence-corrected chi connectivity index (χ2v) is 7.94. The zero-order valence-corrected chi connectivity index (χ0v) is 18.5. The van der Waals surface area contributed by atoms with Crippen LogP contribution in [-0.4, -0.2) is 12.1 Å². The van der Waals surface area contributed by atoms with E-state index >= 15 is 0 Å². The Balaban J connectivity index is 1.76. The molecule has 0 bridgehead atoms. The Labute approximate surface area is 184 Å². The molecule has 7 heteroatoms. The molecule has 0 radical (unpaired) electrons. The average molecular weight is 523 g/mol. The number of nitrogens with one attached hydrogen (secondary N) is 1. The monoisotopic (exact) mass is 520 g/mol. The summed E-state index contributed by atoms with van der Waals surface area (Å²) in [4.78, 5) is 12.2. The van der Waals surface area contributed by atoms with Gasteiger partial charge in [0.05, 0.1) is 21.3 Å². The molecule has 1 N–H and O–H groups in total. The number of ether oxygens (including phenoxy) is 1. The van der Waals surface area contributed by atoms with Crippen LogP contribution in [0.1, 0.15) is 21.5 Å². The number of benzene rings is 3. The lowest BCUT2D eigenvalue weighted by atomic mass is 10.2. The number of hydrogen-bond donors (Lipinski definition) is 1. The molecule has 1 amide bonds. The van der Waals surface area contributed by atoms with Crippen molar-refractivity contribution in [3.63, 3.8) is 0 Å². The minimum Gasteiger partial charge on any atom is -0.487 e. The van der Waals surface area contributed by atoms with Crippen molar-refractivity contribution in [2.45, 2.75) is 6.61 Å². The van der Waals surface area contributed by atoms with E-state index in [0.29, 0.717) is 28.5 Å². The van der Waals surface area contributed by atoms with Gasteiger partial charge in [0.15, 0.2) is 0 Å². The molecule has 0 atom stereocenters. The van der Waals surface area contributed by atoms with E-state index in [1.165, 1.54) is 6.21 Å². The highest BCUT2D eigenvalue weighted by atomic mass is 79.9. The summed E-state index contributed by atoms with van der Waals surface area (Å²) in [7, 11) is 0. The van der Waals surface area contributed by atoms with Gasteiger partial charge >= 0.3 is 0 Å². The molecule has 0 aromatic heterocycles. The minimum absolute atomic E-state index is 0.359. The van der Waals surface area contributed by atoms with Crippen LogP contribution in [-0.2, 0) is 6.61 Å². The Hall–Kier alpha value is -2.15. The Morgan fingerprint density at radius 3 is 2.54 bits per heavy atom. The first-order valence-electron chi connectivity index (χ1n) is 8.28. The summed E-state index contributed by atoms with van der Waals surface area (Å²) in [6.07, 6.45) is 1.53. The molecule has 3 aromatic rings. The SMILES string of the molecule is O=C(N/N=C\c1cc(Br)cc(Br)c1OCc1ccccc1)c1ccccc1Cl. The molecule has 3 rings (SSSR count). The van der Waals surface area contributed by atoms with Gasteiger partial charge in [0.1, 0.15) is 12.4 Å². The van der Waals surface area contributed by atoms with Crippen LogP contribution in [0.4, 0.5) is 0 Å². The van der Waals surface area contributed by atoms with Crippen LogP contribution in [0.25, 0.3) is 0 Å². The van der Waals surface area contributed by atoms with E-state index in [9.17, 15) is 4.79 Å². The number of rotatable bonds is 6. The number of carbonyl (C=O) groups excluding carboxylic acids is 1. The first kappa shape index (κ1) is 20.6. The van der Waals surface area contributed by atoms with Crippen molar-refractivity contribution in [2.24, 2.45) is 5.10 Å². The van der Waals surface area contributed by atoms with Crippen molar-refractivity contribution in [3.05, 3.63) is 97.4 Å². The molecule has 4 nitrogen and oxygen atoms in total. The van der Waals surface area contributed by atoms with Gasteiger partial charge in [-0.15, -0.1) is 0 Å². The van der Waals surface area contributed by atoms with Crippen LogP contribution >= 0.6 is 43.5 Å². The normalized spacial score (nSPS) is 10.8. The third kappa shape index (κ3) is 5.44. The molecule has 0 spiro atoms. The number of carbonyl (C=O) groups is 1. The van der Waals surface area contributed by atoms with Crippen LogP contribution < -0.4 is 10.2 Å². The zero-order valence-electron chi connectivity index (χ0n) is 14.5. The zero-order chi connectivity index (χ0) is 19.9. The quantitative estimate of drug-likeness (QED) is 0.309. The smallest absolute Gasteiger partial charge is 0.272 e. The Kier molecular flexibility index (Phi) is 7.25. The van der Waals surface area contributed by atoms with Crippen LogP contribution in [0.3, 0.4) is 0 Å². The van der Waals surface area contributed by atoms with Gasteiger partial charge in [0.25, 0.3) is 5.91 Å². The highest BCUT2D eigenvalue weighted by molar-refractivity contribution is 9.11. The molecule has 142 valence electrons. The van der Waals surface area contributed by atoms with E-state index in [1.807, 2.05) is 42.5 Å². The maximum absolute atomic E-state index is 12.2.